The van der Waals surface area contributed by atoms with Crippen LogP contribution in [0.1, 0.15) is 5.56 Å². The van der Waals surface area contributed by atoms with E-state index in [1.165, 1.54) is 5.56 Å². The third-order valence-electron chi connectivity index (χ3n) is 3.14. The Morgan fingerprint density at radius 3 is 2.30 bits per heavy atom. The fourth-order valence-electron chi connectivity index (χ4n) is 2.12. The average Bonchev–Trinajstić information content (AvgIpc) is 2.48. The van der Waals surface area contributed by atoms with Crippen LogP contribution in [-0.4, -0.2) is 15.1 Å². The quantitative estimate of drug-likeness (QED) is 0.763. The Bertz CT molecular complexity index is 736. The lowest BCUT2D eigenvalue weighted by Crippen LogP contribution is -1.90. The number of phenols is 1. The average molecular weight is 262 g/mol. The van der Waals surface area contributed by atoms with Gasteiger partial charge < -0.3 is 5.11 Å². The second-order valence-electron chi connectivity index (χ2n) is 4.68. The van der Waals surface area contributed by atoms with Crippen LogP contribution < -0.4 is 0 Å². The molecule has 0 atom stereocenters. The van der Waals surface area contributed by atoms with Gasteiger partial charge in [0.1, 0.15) is 5.75 Å². The summed E-state index contributed by atoms with van der Waals surface area (Å²) in [5.74, 6) is 0.923. The van der Waals surface area contributed by atoms with Gasteiger partial charge in [0.2, 0.25) is 0 Å². The van der Waals surface area contributed by atoms with Gasteiger partial charge >= 0.3 is 0 Å². The minimum absolute atomic E-state index is 0.236. The Hall–Kier alpha value is -2.68. The number of hydrogen-bond acceptors (Lipinski definition) is 3. The van der Waals surface area contributed by atoms with Crippen molar-refractivity contribution in [3.05, 3.63) is 66.5 Å². The van der Waals surface area contributed by atoms with Crippen molar-refractivity contribution in [1.82, 2.24) is 9.97 Å². The molecule has 0 aliphatic heterocycles. The van der Waals surface area contributed by atoms with Gasteiger partial charge in [-0.1, -0.05) is 42.0 Å². The van der Waals surface area contributed by atoms with E-state index in [1.807, 2.05) is 37.3 Å². The smallest absolute Gasteiger partial charge is 0.159 e. The fourth-order valence-corrected chi connectivity index (χ4v) is 2.12. The summed E-state index contributed by atoms with van der Waals surface area (Å²) in [5, 5.41) is 9.83. The van der Waals surface area contributed by atoms with Crippen LogP contribution in [0.25, 0.3) is 22.5 Å². The zero-order valence-electron chi connectivity index (χ0n) is 11.1. The van der Waals surface area contributed by atoms with Gasteiger partial charge in [-0.2, -0.15) is 0 Å². The zero-order chi connectivity index (χ0) is 13.9. The first-order valence-corrected chi connectivity index (χ1v) is 6.41. The monoisotopic (exact) mass is 262 g/mol. The van der Waals surface area contributed by atoms with Gasteiger partial charge in [-0.25, -0.2) is 9.97 Å². The van der Waals surface area contributed by atoms with Crippen LogP contribution in [0.3, 0.4) is 0 Å². The molecule has 0 unspecified atom stereocenters. The molecule has 0 saturated carbocycles. The number of rotatable bonds is 2. The maximum absolute atomic E-state index is 9.83. The van der Waals surface area contributed by atoms with Crippen LogP contribution in [0.15, 0.2) is 60.9 Å². The lowest BCUT2D eigenvalue weighted by atomic mass is 10.1. The summed E-state index contributed by atoms with van der Waals surface area (Å²) < 4.78 is 0. The van der Waals surface area contributed by atoms with Crippen molar-refractivity contribution in [3.8, 4) is 28.3 Å². The molecule has 3 heteroatoms. The van der Waals surface area contributed by atoms with Crippen molar-refractivity contribution >= 4 is 0 Å². The minimum Gasteiger partial charge on any atom is -0.507 e. The van der Waals surface area contributed by atoms with Crippen molar-refractivity contribution in [2.24, 2.45) is 0 Å². The fraction of sp³-hybridized carbons (Fsp3) is 0.0588. The van der Waals surface area contributed by atoms with E-state index >= 15 is 0 Å². The summed E-state index contributed by atoms with van der Waals surface area (Å²) in [6.07, 6.45) is 3.47. The molecule has 0 aliphatic carbocycles. The number of nitrogens with zero attached hydrogens (tertiary/aromatic N) is 2. The molecule has 1 heterocycles. The topological polar surface area (TPSA) is 46.0 Å². The van der Waals surface area contributed by atoms with E-state index in [4.69, 9.17) is 0 Å². The third-order valence-corrected chi connectivity index (χ3v) is 3.14. The van der Waals surface area contributed by atoms with Crippen LogP contribution in [0.5, 0.6) is 5.75 Å². The van der Waals surface area contributed by atoms with E-state index in [2.05, 4.69) is 16.0 Å². The van der Waals surface area contributed by atoms with E-state index in [9.17, 15) is 5.11 Å². The maximum Gasteiger partial charge on any atom is 0.159 e. The van der Waals surface area contributed by atoms with E-state index in [0.717, 1.165) is 16.7 Å². The van der Waals surface area contributed by atoms with Gasteiger partial charge in [-0.05, 0) is 19.1 Å². The first-order chi connectivity index (χ1) is 9.74. The number of aromatic nitrogens is 2. The van der Waals surface area contributed by atoms with Crippen LogP contribution in [0.4, 0.5) is 0 Å². The van der Waals surface area contributed by atoms with Crippen molar-refractivity contribution in [1.29, 1.82) is 0 Å². The molecule has 1 N–H and O–H groups in total. The molecule has 1 aromatic heterocycles. The summed E-state index contributed by atoms with van der Waals surface area (Å²) in [4.78, 5) is 8.77. The third kappa shape index (κ3) is 2.38. The zero-order valence-corrected chi connectivity index (χ0v) is 11.1. The second kappa shape index (κ2) is 5.13. The highest BCUT2D eigenvalue weighted by molar-refractivity contribution is 5.69. The lowest BCUT2D eigenvalue weighted by molar-refractivity contribution is 0.477. The molecule has 0 saturated heterocycles. The molecule has 0 radical (unpaired) electrons. The SMILES string of the molecule is Cc1cccc(-c2ncc(-c3ccccc3O)cn2)c1. The number of aromatic hydroxyl groups is 1. The summed E-state index contributed by atoms with van der Waals surface area (Å²) in [6, 6.07) is 15.2. The Balaban J connectivity index is 1.98. The molecule has 98 valence electrons. The van der Waals surface area contributed by atoms with Gasteiger partial charge in [0, 0.05) is 29.1 Å². The summed E-state index contributed by atoms with van der Waals surface area (Å²) in [5.41, 5.74) is 3.72. The highest BCUT2D eigenvalue weighted by Crippen LogP contribution is 2.28. The molecule has 3 rings (SSSR count). The molecular formula is C17H14N2O. The van der Waals surface area contributed by atoms with Gasteiger partial charge in [0.25, 0.3) is 0 Å². The summed E-state index contributed by atoms with van der Waals surface area (Å²) in [6.45, 7) is 2.04. The number of phenolic OH excluding ortho intramolecular Hbond substituents is 1. The Labute approximate surface area is 117 Å². The number of para-hydroxylation sites is 1. The number of benzene rings is 2. The molecule has 0 bridgehead atoms. The Kier molecular flexibility index (Phi) is 3.17. The van der Waals surface area contributed by atoms with Gasteiger partial charge in [0.05, 0.1) is 0 Å². The predicted octanol–water partition coefficient (Wildman–Crippen LogP) is 3.82. The molecule has 0 aliphatic rings. The normalized spacial score (nSPS) is 10.4. The molecule has 20 heavy (non-hydrogen) atoms. The van der Waals surface area contributed by atoms with Crippen LogP contribution >= 0.6 is 0 Å². The lowest BCUT2D eigenvalue weighted by Gasteiger charge is -2.05. The molecule has 2 aromatic carbocycles. The van der Waals surface area contributed by atoms with E-state index in [0.29, 0.717) is 5.82 Å². The molecule has 0 amide bonds. The van der Waals surface area contributed by atoms with Gasteiger partial charge in [-0.15, -0.1) is 0 Å². The van der Waals surface area contributed by atoms with Crippen molar-refractivity contribution < 1.29 is 5.11 Å². The van der Waals surface area contributed by atoms with Crippen molar-refractivity contribution in [2.75, 3.05) is 0 Å². The van der Waals surface area contributed by atoms with Crippen LogP contribution in [-0.2, 0) is 0 Å². The predicted molar refractivity (Wildman–Crippen MR) is 79.3 cm³/mol. The van der Waals surface area contributed by atoms with E-state index in [1.54, 1.807) is 24.5 Å². The van der Waals surface area contributed by atoms with Crippen LogP contribution in [0, 0.1) is 6.92 Å². The highest BCUT2D eigenvalue weighted by atomic mass is 16.3. The van der Waals surface area contributed by atoms with Crippen molar-refractivity contribution in [2.45, 2.75) is 6.92 Å². The summed E-state index contributed by atoms with van der Waals surface area (Å²) >= 11 is 0. The van der Waals surface area contributed by atoms with Crippen molar-refractivity contribution in [3.63, 3.8) is 0 Å². The maximum atomic E-state index is 9.83. The number of hydrogen-bond donors (Lipinski definition) is 1. The molecule has 3 nitrogen and oxygen atoms in total. The van der Waals surface area contributed by atoms with Gasteiger partial charge in [0.15, 0.2) is 5.82 Å². The summed E-state index contributed by atoms with van der Waals surface area (Å²) in [7, 11) is 0. The number of aryl methyl sites for hydroxylation is 1. The van der Waals surface area contributed by atoms with E-state index in [-0.39, 0.29) is 5.75 Å². The second-order valence-corrected chi connectivity index (χ2v) is 4.68. The largest absolute Gasteiger partial charge is 0.507 e. The minimum atomic E-state index is 0.236. The molecule has 3 aromatic rings. The Morgan fingerprint density at radius 2 is 1.60 bits per heavy atom. The molecule has 0 fully saturated rings. The molecule has 0 spiro atoms. The standard InChI is InChI=1S/C17H14N2O/c1-12-5-4-6-13(9-12)17-18-10-14(11-19-17)15-7-2-3-8-16(15)20/h2-11,20H,1H3. The van der Waals surface area contributed by atoms with Crippen LogP contribution in [0.2, 0.25) is 0 Å². The first-order valence-electron chi connectivity index (χ1n) is 6.41. The Morgan fingerprint density at radius 1 is 0.850 bits per heavy atom. The van der Waals surface area contributed by atoms with Gasteiger partial charge in [-0.3, -0.25) is 0 Å². The molecular weight excluding hydrogens is 248 g/mol. The highest BCUT2D eigenvalue weighted by Gasteiger charge is 2.06. The van der Waals surface area contributed by atoms with E-state index < -0.39 is 0 Å². The first kappa shape index (κ1) is 12.4.